The lowest BCUT2D eigenvalue weighted by atomic mass is 10.0. The monoisotopic (exact) mass is 419 g/mol. The molecule has 1 saturated heterocycles. The molecule has 2 aromatic rings. The zero-order valence-electron chi connectivity index (χ0n) is 16.8. The van der Waals surface area contributed by atoms with Gasteiger partial charge in [0.2, 0.25) is 5.91 Å². The molecule has 0 saturated carbocycles. The van der Waals surface area contributed by atoms with E-state index in [1.807, 2.05) is 0 Å². The third-order valence-electron chi connectivity index (χ3n) is 5.37. The number of tetrazole rings is 1. The van der Waals surface area contributed by atoms with Crippen LogP contribution in [0.3, 0.4) is 0 Å². The summed E-state index contributed by atoms with van der Waals surface area (Å²) in [5.74, 6) is -2.59. The van der Waals surface area contributed by atoms with Crippen molar-refractivity contribution in [2.45, 2.75) is 63.0 Å². The van der Waals surface area contributed by atoms with Crippen molar-refractivity contribution in [1.82, 2.24) is 25.5 Å². The highest BCUT2D eigenvalue weighted by Crippen LogP contribution is 2.32. The predicted octanol–water partition coefficient (Wildman–Crippen LogP) is 3.00. The second-order valence-corrected chi connectivity index (χ2v) is 7.52. The van der Waals surface area contributed by atoms with E-state index >= 15 is 0 Å². The molecule has 1 fully saturated rings. The molecule has 1 aliphatic heterocycles. The van der Waals surface area contributed by atoms with Crippen LogP contribution in [0.25, 0.3) is 0 Å². The van der Waals surface area contributed by atoms with Crippen LogP contribution in [0.5, 0.6) is 0 Å². The third-order valence-corrected chi connectivity index (χ3v) is 5.37. The smallest absolute Gasteiger partial charge is 0.302 e. The normalized spacial score (nSPS) is 18.4. The van der Waals surface area contributed by atoms with Gasteiger partial charge in [-0.15, -0.1) is 5.10 Å². The number of likely N-dealkylation sites (tertiary alicyclic amines) is 1. The molecular formula is C21H27F2N5O2. The highest BCUT2D eigenvalue weighted by atomic mass is 19.3. The minimum Gasteiger partial charge on any atom is -0.382 e. The number of aliphatic hydroxyl groups is 1. The van der Waals surface area contributed by atoms with Crippen LogP contribution in [0.1, 0.15) is 49.9 Å². The quantitative estimate of drug-likeness (QED) is 0.431. The molecule has 0 unspecified atom stereocenters. The van der Waals surface area contributed by atoms with Crippen LogP contribution in [0, 0.1) is 0 Å². The number of benzene rings is 1. The Morgan fingerprint density at radius 1 is 1.23 bits per heavy atom. The lowest BCUT2D eigenvalue weighted by Crippen LogP contribution is -2.34. The number of halogens is 2. The Kier molecular flexibility index (Phi) is 7.62. The van der Waals surface area contributed by atoms with E-state index in [4.69, 9.17) is 0 Å². The number of amides is 1. The number of rotatable bonds is 11. The van der Waals surface area contributed by atoms with Crippen molar-refractivity contribution >= 4 is 5.91 Å². The minimum absolute atomic E-state index is 0.0293. The van der Waals surface area contributed by atoms with Gasteiger partial charge in [0, 0.05) is 24.9 Å². The van der Waals surface area contributed by atoms with Crippen LogP contribution in [0.2, 0.25) is 0 Å². The fourth-order valence-electron chi connectivity index (χ4n) is 3.64. The summed E-state index contributed by atoms with van der Waals surface area (Å²) >= 11 is 0. The number of carbonyl (C=O) groups excluding carboxylic acids is 1. The van der Waals surface area contributed by atoms with Gasteiger partial charge in [0.25, 0.3) is 0 Å². The van der Waals surface area contributed by atoms with Crippen LogP contribution < -0.4 is 0 Å². The maximum Gasteiger partial charge on any atom is 0.302 e. The molecule has 0 aliphatic carbocycles. The molecule has 0 bridgehead atoms. The number of nitrogens with zero attached hydrogens (tertiary/aromatic N) is 4. The molecule has 30 heavy (non-hydrogen) atoms. The zero-order valence-corrected chi connectivity index (χ0v) is 16.8. The van der Waals surface area contributed by atoms with E-state index in [1.54, 1.807) is 17.0 Å². The van der Waals surface area contributed by atoms with Gasteiger partial charge in [-0.1, -0.05) is 55.3 Å². The second-order valence-electron chi connectivity index (χ2n) is 7.52. The first kappa shape index (κ1) is 22.0. The number of aromatic amines is 1. The van der Waals surface area contributed by atoms with Crippen LogP contribution in [0.15, 0.2) is 42.5 Å². The Bertz CT molecular complexity index is 814. The van der Waals surface area contributed by atoms with E-state index < -0.39 is 12.0 Å². The van der Waals surface area contributed by atoms with Gasteiger partial charge in [0.15, 0.2) is 0 Å². The Balaban J connectivity index is 1.45. The summed E-state index contributed by atoms with van der Waals surface area (Å²) in [4.78, 5) is 13.9. The number of carbonyl (C=O) groups is 1. The van der Waals surface area contributed by atoms with Gasteiger partial charge < -0.3 is 10.0 Å². The molecule has 9 heteroatoms. The number of nitrogens with one attached hydrogen (secondary N) is 1. The highest BCUT2D eigenvalue weighted by Gasteiger charge is 2.39. The van der Waals surface area contributed by atoms with Crippen LogP contribution in [0.4, 0.5) is 8.78 Å². The lowest BCUT2D eigenvalue weighted by molar-refractivity contribution is -0.128. The standard InChI is InChI=1S/C21H27F2N5O2/c22-21(23,16-8-4-3-5-9-16)18(29)13-11-17-12-14-20(30)28(17)15-7-2-1-6-10-19-24-26-27-25-19/h3-5,8-9,11,13,17-18,29H,1-2,6-7,10,12,14-15H2,(H,24,25,26,27)/b13-11+/t17-,18+/m0/s1. The number of aromatic nitrogens is 4. The number of alkyl halides is 2. The Morgan fingerprint density at radius 3 is 2.73 bits per heavy atom. The molecule has 1 aromatic heterocycles. The molecule has 3 rings (SSSR count). The molecule has 2 heterocycles. The van der Waals surface area contributed by atoms with Crippen molar-refractivity contribution in [1.29, 1.82) is 0 Å². The molecule has 7 nitrogen and oxygen atoms in total. The molecule has 162 valence electrons. The van der Waals surface area contributed by atoms with E-state index in [1.165, 1.54) is 24.3 Å². The fourth-order valence-corrected chi connectivity index (χ4v) is 3.64. The number of hydrogen-bond acceptors (Lipinski definition) is 5. The first-order chi connectivity index (χ1) is 14.5. The van der Waals surface area contributed by atoms with Gasteiger partial charge >= 0.3 is 5.92 Å². The SMILES string of the molecule is O=C1CC[C@H](/C=C/[C@@H](O)C(F)(F)c2ccccc2)N1CCCCCCc1nnn[nH]1. The number of hydrogen-bond donors (Lipinski definition) is 2. The Labute approximate surface area is 174 Å². The number of aliphatic hydroxyl groups excluding tert-OH is 1. The van der Waals surface area contributed by atoms with Gasteiger partial charge in [-0.25, -0.2) is 5.10 Å². The molecule has 2 N–H and O–H groups in total. The third kappa shape index (κ3) is 5.69. The van der Waals surface area contributed by atoms with E-state index in [0.29, 0.717) is 19.4 Å². The van der Waals surface area contributed by atoms with Gasteiger partial charge in [-0.3, -0.25) is 4.79 Å². The maximum atomic E-state index is 14.4. The summed E-state index contributed by atoms with van der Waals surface area (Å²) < 4.78 is 28.8. The average Bonchev–Trinajstić information content (AvgIpc) is 3.39. The number of H-pyrrole nitrogens is 1. The van der Waals surface area contributed by atoms with Crippen LogP contribution in [-0.2, 0) is 17.1 Å². The lowest BCUT2D eigenvalue weighted by Gasteiger charge is -2.24. The first-order valence-corrected chi connectivity index (χ1v) is 10.3. The van der Waals surface area contributed by atoms with Crippen molar-refractivity contribution in [2.75, 3.05) is 6.54 Å². The minimum atomic E-state index is -3.38. The van der Waals surface area contributed by atoms with E-state index in [9.17, 15) is 18.7 Å². The van der Waals surface area contributed by atoms with Gasteiger partial charge in [0.05, 0.1) is 6.04 Å². The average molecular weight is 419 g/mol. The largest absolute Gasteiger partial charge is 0.382 e. The van der Waals surface area contributed by atoms with Crippen molar-refractivity contribution in [3.8, 4) is 0 Å². The number of aryl methyl sites for hydroxylation is 1. The van der Waals surface area contributed by atoms with Gasteiger partial charge in [-0.05, 0) is 29.7 Å². The first-order valence-electron chi connectivity index (χ1n) is 10.3. The fraction of sp³-hybridized carbons (Fsp3) is 0.524. The van der Waals surface area contributed by atoms with Gasteiger partial charge in [0.1, 0.15) is 11.9 Å². The molecule has 2 atom stereocenters. The summed E-state index contributed by atoms with van der Waals surface area (Å²) in [6.07, 6.45) is 6.23. The van der Waals surface area contributed by atoms with E-state index in [-0.39, 0.29) is 17.5 Å². The summed E-state index contributed by atoms with van der Waals surface area (Å²) in [5.41, 5.74) is -0.234. The molecular weight excluding hydrogens is 392 g/mol. The molecule has 0 radical (unpaired) electrons. The summed E-state index contributed by atoms with van der Waals surface area (Å²) in [6.45, 7) is 0.586. The highest BCUT2D eigenvalue weighted by molar-refractivity contribution is 5.79. The van der Waals surface area contributed by atoms with Crippen LogP contribution >= 0.6 is 0 Å². The Morgan fingerprint density at radius 2 is 2.00 bits per heavy atom. The molecule has 1 aliphatic rings. The molecule has 1 amide bonds. The van der Waals surface area contributed by atoms with Crippen molar-refractivity contribution in [2.24, 2.45) is 0 Å². The summed E-state index contributed by atoms with van der Waals surface area (Å²) in [7, 11) is 0. The number of unbranched alkanes of at least 4 members (excludes halogenated alkanes) is 3. The van der Waals surface area contributed by atoms with E-state index in [0.717, 1.165) is 44.0 Å². The van der Waals surface area contributed by atoms with Crippen molar-refractivity contribution < 1.29 is 18.7 Å². The van der Waals surface area contributed by atoms with Crippen LogP contribution in [-0.4, -0.2) is 55.2 Å². The van der Waals surface area contributed by atoms with E-state index in [2.05, 4.69) is 20.6 Å². The Hall–Kier alpha value is -2.68. The maximum absolute atomic E-state index is 14.4. The summed E-state index contributed by atoms with van der Waals surface area (Å²) in [5, 5.41) is 23.7. The summed E-state index contributed by atoms with van der Waals surface area (Å²) in [6, 6.07) is 7.01. The second kappa shape index (κ2) is 10.4. The van der Waals surface area contributed by atoms with Gasteiger partial charge in [-0.2, -0.15) is 8.78 Å². The zero-order chi connectivity index (χ0) is 21.4. The molecule has 1 aromatic carbocycles. The van der Waals surface area contributed by atoms with Crippen molar-refractivity contribution in [3.05, 3.63) is 53.9 Å². The predicted molar refractivity (Wildman–Crippen MR) is 107 cm³/mol. The topological polar surface area (TPSA) is 95.0 Å². The van der Waals surface area contributed by atoms with Crippen molar-refractivity contribution in [3.63, 3.8) is 0 Å². The molecule has 0 spiro atoms.